The highest BCUT2D eigenvalue weighted by atomic mass is 79.9. The normalized spacial score (nSPS) is 26.8. The maximum absolute atomic E-state index is 14.0. The maximum atomic E-state index is 14.0. The highest BCUT2D eigenvalue weighted by Crippen LogP contribution is 2.53. The van der Waals surface area contributed by atoms with E-state index >= 15 is 0 Å². The number of hydrogen-bond acceptors (Lipinski definition) is 5. The molecule has 2 saturated heterocycles. The van der Waals surface area contributed by atoms with Crippen molar-refractivity contribution in [3.05, 3.63) is 75.3 Å². The van der Waals surface area contributed by atoms with Crippen molar-refractivity contribution in [2.45, 2.75) is 83.7 Å². The van der Waals surface area contributed by atoms with Crippen LogP contribution in [0.25, 0.3) is 11.6 Å². The lowest BCUT2D eigenvalue weighted by Gasteiger charge is -2.44. The summed E-state index contributed by atoms with van der Waals surface area (Å²) < 4.78 is 7.15. The number of phenolic OH excluding ortho intramolecular Hbond substituents is 1. The Hall–Kier alpha value is -2.68. The third-order valence-corrected chi connectivity index (χ3v) is 10.5. The number of nitrogens with zero attached hydrogens (tertiary/aromatic N) is 1. The van der Waals surface area contributed by atoms with Gasteiger partial charge in [-0.25, -0.2) is 0 Å². The zero-order chi connectivity index (χ0) is 30.2. The van der Waals surface area contributed by atoms with Gasteiger partial charge in [-0.1, -0.05) is 84.9 Å². The van der Waals surface area contributed by atoms with Crippen molar-refractivity contribution in [3.63, 3.8) is 0 Å². The number of imide groups is 1. The van der Waals surface area contributed by atoms with Crippen molar-refractivity contribution in [1.82, 2.24) is 4.90 Å². The average molecular weight is 646 g/mol. The van der Waals surface area contributed by atoms with Gasteiger partial charge in [-0.2, -0.15) is 0 Å². The molecule has 0 unspecified atom stereocenters. The van der Waals surface area contributed by atoms with Crippen LogP contribution in [0.2, 0.25) is 6.32 Å². The molecule has 6 nitrogen and oxygen atoms in total. The summed E-state index contributed by atoms with van der Waals surface area (Å²) >= 11 is 3.52. The Morgan fingerprint density at radius 1 is 1.07 bits per heavy atom. The summed E-state index contributed by atoms with van der Waals surface area (Å²) in [5.74, 6) is -0.588. The first kappa shape index (κ1) is 30.4. The molecule has 4 atom stereocenters. The fourth-order valence-corrected chi connectivity index (χ4v) is 8.42. The molecule has 0 radical (unpaired) electrons. The van der Waals surface area contributed by atoms with Crippen LogP contribution in [0.4, 0.5) is 0 Å². The molecule has 2 N–H and O–H groups in total. The number of hydrogen-bond donors (Lipinski definition) is 2. The van der Waals surface area contributed by atoms with Gasteiger partial charge in [0.15, 0.2) is 0 Å². The first-order chi connectivity index (χ1) is 20.7. The van der Waals surface area contributed by atoms with Crippen LogP contribution in [-0.4, -0.2) is 46.1 Å². The number of halogens is 1. The molecule has 2 heterocycles. The molecule has 2 aliphatic heterocycles. The molecule has 4 aliphatic rings. The zero-order valence-electron chi connectivity index (χ0n) is 25.0. The van der Waals surface area contributed by atoms with Crippen LogP contribution in [-0.2, 0) is 14.2 Å². The van der Waals surface area contributed by atoms with Gasteiger partial charge in [0.2, 0.25) is 11.8 Å². The van der Waals surface area contributed by atoms with Crippen LogP contribution in [0.5, 0.6) is 5.75 Å². The van der Waals surface area contributed by atoms with Gasteiger partial charge in [-0.3, -0.25) is 14.5 Å². The van der Waals surface area contributed by atoms with E-state index in [0.29, 0.717) is 25.6 Å². The molecule has 8 heteroatoms. The average Bonchev–Trinajstić information content (AvgIpc) is 3.26. The van der Waals surface area contributed by atoms with Crippen LogP contribution in [0.1, 0.15) is 76.3 Å². The molecular weight excluding hydrogens is 605 g/mol. The third kappa shape index (κ3) is 6.03. The predicted octanol–water partition coefficient (Wildman–Crippen LogP) is 7.26. The van der Waals surface area contributed by atoms with E-state index in [9.17, 15) is 19.7 Å². The summed E-state index contributed by atoms with van der Waals surface area (Å²) in [5.41, 5.74) is 5.16. The summed E-state index contributed by atoms with van der Waals surface area (Å²) in [6, 6.07) is 15.5. The molecule has 2 aromatic rings. The number of benzene rings is 2. The van der Waals surface area contributed by atoms with Crippen LogP contribution in [0, 0.1) is 23.7 Å². The second kappa shape index (κ2) is 12.7. The van der Waals surface area contributed by atoms with E-state index in [2.05, 4.69) is 41.9 Å². The highest BCUT2D eigenvalue weighted by molar-refractivity contribution is 9.10. The van der Waals surface area contributed by atoms with Gasteiger partial charge >= 0.3 is 7.12 Å². The number of carbonyl (C=O) groups excluding carboxylic acids is 2. The summed E-state index contributed by atoms with van der Waals surface area (Å²) in [6.45, 7) is 4.32. The molecule has 0 spiro atoms. The van der Waals surface area contributed by atoms with Gasteiger partial charge in [-0.05, 0) is 91.2 Å². The van der Waals surface area contributed by atoms with Crippen LogP contribution in [0.15, 0.2) is 64.1 Å². The fraction of sp³-hybridized carbons (Fsp3) is 0.486. The minimum absolute atomic E-state index is 0.000224. The van der Waals surface area contributed by atoms with E-state index < -0.39 is 13.0 Å². The van der Waals surface area contributed by atoms with Gasteiger partial charge in [-0.15, -0.1) is 0 Å². The Kier molecular flexibility index (Phi) is 9.00. The minimum atomic E-state index is -0.990. The second-order valence-electron chi connectivity index (χ2n) is 13.0. The van der Waals surface area contributed by atoms with Gasteiger partial charge in [0.05, 0.1) is 17.9 Å². The highest BCUT2D eigenvalue weighted by Gasteiger charge is 2.58. The Balaban J connectivity index is 1.32. The molecule has 0 bridgehead atoms. The number of allylic oxidation sites excluding steroid dienone is 2. The summed E-state index contributed by atoms with van der Waals surface area (Å²) in [5, 5.41) is 21.6. The standard InChI is InChI=1S/C35H41BBrNO5/c1-21(2)27-19-28-33(35(41)38(34(28)40)26-11-7-4-8-12-26)29-20-36(42)43-31(32(27)29)16-13-23(22-9-5-3-6-10-22)17-24-18-25(37)14-15-30(24)39/h3,5-6,9-10,14-15,17-18,21,26,28-29,31,33,39,42H,4,7-8,11-13,16,19-20H2,1-2H3/b23-17-/t28-,29+,31-,33-/m1/s1. The topological polar surface area (TPSA) is 87.1 Å². The summed E-state index contributed by atoms with van der Waals surface area (Å²) in [6.07, 6.45) is 8.92. The Labute approximate surface area is 263 Å². The Morgan fingerprint density at radius 3 is 2.53 bits per heavy atom. The second-order valence-corrected chi connectivity index (χ2v) is 13.9. The monoisotopic (exact) mass is 645 g/mol. The first-order valence-electron chi connectivity index (χ1n) is 15.9. The van der Waals surface area contributed by atoms with E-state index in [1.54, 1.807) is 11.0 Å². The van der Waals surface area contributed by atoms with Crippen LogP contribution < -0.4 is 0 Å². The van der Waals surface area contributed by atoms with Crippen molar-refractivity contribution >= 4 is 46.5 Å². The largest absolute Gasteiger partial charge is 0.507 e. The number of rotatable bonds is 7. The van der Waals surface area contributed by atoms with E-state index in [-0.39, 0.29) is 47.5 Å². The van der Waals surface area contributed by atoms with Gasteiger partial charge in [0.25, 0.3) is 0 Å². The van der Waals surface area contributed by atoms with E-state index in [4.69, 9.17) is 4.65 Å². The number of amides is 2. The van der Waals surface area contributed by atoms with Gasteiger partial charge in [0.1, 0.15) is 5.75 Å². The third-order valence-electron chi connectivity index (χ3n) is 10.1. The lowest BCUT2D eigenvalue weighted by atomic mass is 9.57. The van der Waals surface area contributed by atoms with E-state index in [0.717, 1.165) is 58.8 Å². The number of carbonyl (C=O) groups is 2. The molecule has 2 amide bonds. The zero-order valence-corrected chi connectivity index (χ0v) is 26.6. The maximum Gasteiger partial charge on any atom is 0.455 e. The number of aromatic hydroxyl groups is 1. The molecule has 1 saturated carbocycles. The molecule has 3 fully saturated rings. The summed E-state index contributed by atoms with van der Waals surface area (Å²) in [4.78, 5) is 29.5. The molecule has 0 aromatic heterocycles. The van der Waals surface area contributed by atoms with Crippen molar-refractivity contribution in [1.29, 1.82) is 0 Å². The predicted molar refractivity (Wildman–Crippen MR) is 173 cm³/mol. The molecule has 226 valence electrons. The molecule has 6 rings (SSSR count). The summed E-state index contributed by atoms with van der Waals surface area (Å²) in [7, 11) is -0.990. The van der Waals surface area contributed by atoms with Crippen molar-refractivity contribution in [2.24, 2.45) is 23.7 Å². The quantitative estimate of drug-likeness (QED) is 0.143. The molecule has 43 heavy (non-hydrogen) atoms. The minimum Gasteiger partial charge on any atom is -0.507 e. The Morgan fingerprint density at radius 2 is 1.81 bits per heavy atom. The van der Waals surface area contributed by atoms with Crippen molar-refractivity contribution < 1.29 is 24.4 Å². The number of phenols is 1. The molecule has 2 aromatic carbocycles. The number of fused-ring (bicyclic) bond motifs is 3. The van der Waals surface area contributed by atoms with Crippen molar-refractivity contribution in [3.8, 4) is 5.75 Å². The lowest BCUT2D eigenvalue weighted by molar-refractivity contribution is -0.143. The first-order valence-corrected chi connectivity index (χ1v) is 16.7. The van der Waals surface area contributed by atoms with E-state index in [1.165, 1.54) is 5.57 Å². The smallest absolute Gasteiger partial charge is 0.455 e. The van der Waals surface area contributed by atoms with Gasteiger partial charge < -0.3 is 14.8 Å². The Bertz CT molecular complexity index is 1430. The SMILES string of the molecule is CC(C)C1=C2[C@@H](CC/C(=C/c3cc(Br)ccc3O)c3ccccc3)OB(O)C[C@@H]2[C@@H]2C(=O)N(C3CCCCC3)C(=O)[C@@H]2C1. The fourth-order valence-electron chi connectivity index (χ4n) is 8.04. The number of likely N-dealkylation sites (tertiary alicyclic amines) is 1. The lowest BCUT2D eigenvalue weighted by Crippen LogP contribution is -2.47. The van der Waals surface area contributed by atoms with Crippen LogP contribution >= 0.6 is 15.9 Å². The van der Waals surface area contributed by atoms with Crippen molar-refractivity contribution in [2.75, 3.05) is 0 Å². The van der Waals surface area contributed by atoms with E-state index in [1.807, 2.05) is 36.4 Å². The van der Waals surface area contributed by atoms with Gasteiger partial charge in [0, 0.05) is 16.1 Å². The van der Waals surface area contributed by atoms with Crippen LogP contribution in [0.3, 0.4) is 0 Å². The molecular formula is C35H41BBrNO5. The molecule has 2 aliphatic carbocycles.